The van der Waals surface area contributed by atoms with Crippen molar-refractivity contribution in [1.82, 2.24) is 14.1 Å². The minimum Gasteiger partial charge on any atom is -0.383 e. The Hall–Kier alpha value is -1.90. The quantitative estimate of drug-likeness (QED) is 0.257. The van der Waals surface area contributed by atoms with E-state index in [0.717, 1.165) is 21.4 Å². The molecule has 0 aliphatic rings. The number of ether oxygens (including phenoxy) is 1. The monoisotopic (exact) mass is 491 g/mol. The summed E-state index contributed by atoms with van der Waals surface area (Å²) in [5.41, 5.74) is 3.25. The molecule has 30 heavy (non-hydrogen) atoms. The predicted molar refractivity (Wildman–Crippen MR) is 125 cm³/mol. The van der Waals surface area contributed by atoms with Crippen LogP contribution in [0.2, 0.25) is 0 Å². The maximum atomic E-state index is 13.0. The van der Waals surface area contributed by atoms with Gasteiger partial charge in [-0.3, -0.25) is 14.2 Å². The molecule has 0 N–H and O–H groups in total. The highest BCUT2D eigenvalue weighted by molar-refractivity contribution is 9.10. The topological polar surface area (TPSA) is 66.1 Å². The van der Waals surface area contributed by atoms with Gasteiger partial charge in [0.2, 0.25) is 0 Å². The summed E-state index contributed by atoms with van der Waals surface area (Å²) in [7, 11) is 1.59. The first-order valence-electron chi connectivity index (χ1n) is 9.78. The fourth-order valence-corrected chi connectivity index (χ4v) is 4.99. The molecule has 2 aromatic heterocycles. The molecule has 8 heteroatoms. The number of carbonyl (C=O) groups excluding carboxylic acids is 1. The zero-order chi connectivity index (χ0) is 22.0. The average Bonchev–Trinajstić information content (AvgIpc) is 3.00. The molecule has 2 heterocycles. The zero-order valence-electron chi connectivity index (χ0n) is 17.9. The van der Waals surface area contributed by atoms with E-state index >= 15 is 0 Å². The van der Waals surface area contributed by atoms with Crippen LogP contribution < -0.4 is 5.56 Å². The maximum Gasteiger partial charge on any atom is 0.262 e. The molecular weight excluding hydrogens is 466 g/mol. The highest BCUT2D eigenvalue weighted by atomic mass is 79.9. The highest BCUT2D eigenvalue weighted by Gasteiger charge is 2.19. The number of hydrogen-bond acceptors (Lipinski definition) is 5. The number of thioether (sulfide) groups is 1. The smallest absolute Gasteiger partial charge is 0.262 e. The third kappa shape index (κ3) is 4.55. The van der Waals surface area contributed by atoms with Crippen LogP contribution in [0, 0.1) is 13.8 Å². The molecule has 0 amide bonds. The average molecular weight is 492 g/mol. The molecular formula is C22H26BrN3O3S. The fraction of sp³-hybridized carbons (Fsp3) is 0.409. The predicted octanol–water partition coefficient (Wildman–Crippen LogP) is 4.78. The van der Waals surface area contributed by atoms with Gasteiger partial charge in [-0.2, -0.15) is 0 Å². The summed E-state index contributed by atoms with van der Waals surface area (Å²) in [6, 6.07) is 7.67. The number of aromatic nitrogens is 3. The molecule has 0 spiro atoms. The van der Waals surface area contributed by atoms with Gasteiger partial charge in [0, 0.05) is 34.6 Å². The Morgan fingerprint density at radius 2 is 2.00 bits per heavy atom. The van der Waals surface area contributed by atoms with E-state index in [1.54, 1.807) is 17.7 Å². The number of ketones is 1. The van der Waals surface area contributed by atoms with E-state index in [4.69, 9.17) is 4.74 Å². The van der Waals surface area contributed by atoms with Crippen molar-refractivity contribution in [2.75, 3.05) is 19.5 Å². The molecule has 0 aliphatic heterocycles. The second kappa shape index (κ2) is 9.49. The first-order chi connectivity index (χ1) is 14.2. The number of carbonyl (C=O) groups is 1. The van der Waals surface area contributed by atoms with Gasteiger partial charge in [-0.05, 0) is 52.0 Å². The molecule has 0 bridgehead atoms. The number of nitrogens with zero attached hydrogens (tertiary/aromatic N) is 3. The molecule has 3 rings (SSSR count). The zero-order valence-corrected chi connectivity index (χ0v) is 20.3. The van der Waals surface area contributed by atoms with Crippen molar-refractivity contribution in [3.05, 3.63) is 56.0 Å². The number of aryl methyl sites for hydroxylation is 1. The first-order valence-corrected chi connectivity index (χ1v) is 11.6. The standard InChI is InChI=1S/C22H26BrN3O3S/c1-13(2)26-14(3)10-17(15(26)4)20(27)12-30-22-24-19-7-6-16(23)11-18(19)21(28)25(22)8-9-29-5/h6-7,10-11,13H,8-9,12H2,1-5H3. The van der Waals surface area contributed by atoms with Crippen molar-refractivity contribution in [2.24, 2.45) is 0 Å². The lowest BCUT2D eigenvalue weighted by Crippen LogP contribution is -2.25. The lowest BCUT2D eigenvalue weighted by Gasteiger charge is -2.14. The van der Waals surface area contributed by atoms with E-state index < -0.39 is 0 Å². The third-order valence-electron chi connectivity index (χ3n) is 5.03. The molecule has 0 fully saturated rings. The number of methoxy groups -OCH3 is 1. The van der Waals surface area contributed by atoms with E-state index in [1.165, 1.54) is 11.8 Å². The largest absolute Gasteiger partial charge is 0.383 e. The Bertz CT molecular complexity index is 1150. The van der Waals surface area contributed by atoms with Crippen LogP contribution in [-0.2, 0) is 11.3 Å². The summed E-state index contributed by atoms with van der Waals surface area (Å²) in [6.45, 7) is 8.97. The number of fused-ring (bicyclic) bond motifs is 1. The normalized spacial score (nSPS) is 11.6. The van der Waals surface area contributed by atoms with Gasteiger partial charge in [0.05, 0.1) is 29.8 Å². The molecule has 6 nitrogen and oxygen atoms in total. The van der Waals surface area contributed by atoms with E-state index in [-0.39, 0.29) is 17.1 Å². The van der Waals surface area contributed by atoms with Gasteiger partial charge >= 0.3 is 0 Å². The van der Waals surface area contributed by atoms with E-state index in [1.807, 2.05) is 32.0 Å². The van der Waals surface area contributed by atoms with Gasteiger partial charge < -0.3 is 9.30 Å². The minimum absolute atomic E-state index is 0.0310. The van der Waals surface area contributed by atoms with Crippen molar-refractivity contribution < 1.29 is 9.53 Å². The number of rotatable bonds is 8. The second-order valence-corrected chi connectivity index (χ2v) is 9.32. The lowest BCUT2D eigenvalue weighted by atomic mass is 10.2. The van der Waals surface area contributed by atoms with Crippen LogP contribution in [0.15, 0.2) is 38.7 Å². The van der Waals surface area contributed by atoms with Crippen molar-refractivity contribution in [1.29, 1.82) is 0 Å². The van der Waals surface area contributed by atoms with Crippen molar-refractivity contribution >= 4 is 44.4 Å². The minimum atomic E-state index is -0.133. The summed E-state index contributed by atoms with van der Waals surface area (Å²) < 4.78 is 9.74. The number of hydrogen-bond donors (Lipinski definition) is 0. The lowest BCUT2D eigenvalue weighted by molar-refractivity contribution is 0.102. The van der Waals surface area contributed by atoms with Crippen LogP contribution in [0.5, 0.6) is 0 Å². The first kappa shape index (κ1) is 22.8. The molecule has 0 aliphatic carbocycles. The molecule has 0 atom stereocenters. The second-order valence-electron chi connectivity index (χ2n) is 7.47. The van der Waals surface area contributed by atoms with Crippen LogP contribution in [0.1, 0.15) is 41.6 Å². The molecule has 160 valence electrons. The van der Waals surface area contributed by atoms with Crippen molar-refractivity contribution in [3.8, 4) is 0 Å². The van der Waals surface area contributed by atoms with Gasteiger partial charge in [-0.1, -0.05) is 27.7 Å². The molecule has 0 unspecified atom stereocenters. The Labute approximate surface area is 188 Å². The van der Waals surface area contributed by atoms with E-state index in [0.29, 0.717) is 35.3 Å². The SMILES string of the molecule is COCCn1c(SCC(=O)c2cc(C)n(C(C)C)c2C)nc2ccc(Br)cc2c1=O. The molecule has 0 radical (unpaired) electrons. The van der Waals surface area contributed by atoms with Gasteiger partial charge in [0.25, 0.3) is 5.56 Å². The number of Topliss-reactive ketones (excluding diaryl/α,β-unsaturated/α-hetero) is 1. The summed E-state index contributed by atoms with van der Waals surface area (Å²) in [4.78, 5) is 30.7. The summed E-state index contributed by atoms with van der Waals surface area (Å²) in [5, 5.41) is 1.06. The molecule has 1 aromatic carbocycles. The molecule has 0 saturated carbocycles. The maximum absolute atomic E-state index is 13.0. The number of benzene rings is 1. The highest BCUT2D eigenvalue weighted by Crippen LogP contribution is 2.24. The summed E-state index contributed by atoms with van der Waals surface area (Å²) in [5.74, 6) is 0.243. The van der Waals surface area contributed by atoms with Crippen LogP contribution in [-0.4, -0.2) is 39.4 Å². The van der Waals surface area contributed by atoms with Gasteiger partial charge in [0.15, 0.2) is 10.9 Å². The van der Waals surface area contributed by atoms with E-state index in [9.17, 15) is 9.59 Å². The third-order valence-corrected chi connectivity index (χ3v) is 6.50. The fourth-order valence-electron chi connectivity index (χ4n) is 3.72. The van der Waals surface area contributed by atoms with Crippen LogP contribution >= 0.6 is 27.7 Å². The Balaban J connectivity index is 1.93. The van der Waals surface area contributed by atoms with Crippen molar-refractivity contribution in [3.63, 3.8) is 0 Å². The van der Waals surface area contributed by atoms with Gasteiger partial charge in [-0.15, -0.1) is 0 Å². The van der Waals surface area contributed by atoms with Crippen LogP contribution in [0.25, 0.3) is 10.9 Å². The Morgan fingerprint density at radius 1 is 1.27 bits per heavy atom. The molecule has 3 aromatic rings. The van der Waals surface area contributed by atoms with Gasteiger partial charge in [0.1, 0.15) is 0 Å². The van der Waals surface area contributed by atoms with Gasteiger partial charge in [-0.25, -0.2) is 4.98 Å². The van der Waals surface area contributed by atoms with E-state index in [2.05, 4.69) is 39.3 Å². The Kier molecular flexibility index (Phi) is 7.21. The summed E-state index contributed by atoms with van der Waals surface area (Å²) >= 11 is 4.70. The Morgan fingerprint density at radius 3 is 2.63 bits per heavy atom. The van der Waals surface area contributed by atoms with Crippen molar-refractivity contribution in [2.45, 2.75) is 45.4 Å². The number of halogens is 1. The van der Waals surface area contributed by atoms with Crippen LogP contribution in [0.4, 0.5) is 0 Å². The molecule has 0 saturated heterocycles. The van der Waals surface area contributed by atoms with Crippen LogP contribution in [0.3, 0.4) is 0 Å². The summed E-state index contributed by atoms with van der Waals surface area (Å²) in [6.07, 6.45) is 0.